The first-order valence-electron chi connectivity index (χ1n) is 6.09. The van der Waals surface area contributed by atoms with Crippen molar-refractivity contribution < 1.29 is 9.53 Å². The number of esters is 1. The molecule has 1 aromatic rings. The third-order valence-electron chi connectivity index (χ3n) is 2.62. The zero-order valence-electron chi connectivity index (χ0n) is 10.6. The number of aryl methyl sites for hydroxylation is 1. The van der Waals surface area contributed by atoms with Gasteiger partial charge in [0, 0.05) is 31.9 Å². The van der Waals surface area contributed by atoms with Crippen LogP contribution in [-0.2, 0) is 16.1 Å². The number of hydrogen-bond acceptors (Lipinski definition) is 4. The second-order valence-electron chi connectivity index (χ2n) is 3.85. The van der Waals surface area contributed by atoms with Crippen molar-refractivity contribution in [2.45, 2.75) is 39.2 Å². The van der Waals surface area contributed by atoms with Crippen LogP contribution < -0.4 is 5.32 Å². The molecular formula is C12H21N3O2. The lowest BCUT2D eigenvalue weighted by molar-refractivity contribution is -0.140. The molecule has 5 heteroatoms. The SMILES string of the molecule is CCn1ccnc1NCCCCCC(=O)OC. The molecule has 0 unspecified atom stereocenters. The molecule has 1 heterocycles. The fourth-order valence-electron chi connectivity index (χ4n) is 1.60. The summed E-state index contributed by atoms with van der Waals surface area (Å²) in [5.74, 6) is 0.792. The average Bonchev–Trinajstić information content (AvgIpc) is 2.80. The maximum atomic E-state index is 10.9. The minimum atomic E-state index is -0.125. The molecule has 1 N–H and O–H groups in total. The Morgan fingerprint density at radius 1 is 1.47 bits per heavy atom. The molecule has 0 bridgehead atoms. The molecule has 0 spiro atoms. The Kier molecular flexibility index (Phi) is 6.14. The first kappa shape index (κ1) is 13.5. The van der Waals surface area contributed by atoms with Crippen LogP contribution in [0, 0.1) is 0 Å². The summed E-state index contributed by atoms with van der Waals surface area (Å²) in [5.41, 5.74) is 0. The van der Waals surface area contributed by atoms with Crippen LogP contribution in [0.25, 0.3) is 0 Å². The van der Waals surface area contributed by atoms with E-state index in [0.717, 1.165) is 38.3 Å². The number of anilines is 1. The lowest BCUT2D eigenvalue weighted by Crippen LogP contribution is -2.08. The quantitative estimate of drug-likeness (QED) is 0.557. The topological polar surface area (TPSA) is 56.2 Å². The second-order valence-corrected chi connectivity index (χ2v) is 3.85. The van der Waals surface area contributed by atoms with Gasteiger partial charge in [-0.2, -0.15) is 0 Å². The number of methoxy groups -OCH3 is 1. The monoisotopic (exact) mass is 239 g/mol. The molecule has 0 atom stereocenters. The van der Waals surface area contributed by atoms with Gasteiger partial charge in [0.15, 0.2) is 0 Å². The highest BCUT2D eigenvalue weighted by Gasteiger charge is 2.01. The minimum absolute atomic E-state index is 0.125. The molecule has 0 saturated carbocycles. The Bertz CT molecular complexity index is 336. The number of nitrogens with zero attached hydrogens (tertiary/aromatic N) is 2. The molecule has 0 fully saturated rings. The van der Waals surface area contributed by atoms with Crippen molar-refractivity contribution in [3.05, 3.63) is 12.4 Å². The lowest BCUT2D eigenvalue weighted by Gasteiger charge is -2.07. The predicted molar refractivity (Wildman–Crippen MR) is 66.9 cm³/mol. The lowest BCUT2D eigenvalue weighted by atomic mass is 10.2. The van der Waals surface area contributed by atoms with E-state index in [2.05, 4.69) is 26.5 Å². The highest BCUT2D eigenvalue weighted by molar-refractivity contribution is 5.68. The first-order chi connectivity index (χ1) is 8.27. The number of hydrogen-bond donors (Lipinski definition) is 1. The molecule has 17 heavy (non-hydrogen) atoms. The molecule has 0 aliphatic rings. The molecule has 5 nitrogen and oxygen atoms in total. The standard InChI is InChI=1S/C12H21N3O2/c1-3-15-10-9-14-12(15)13-8-6-4-5-7-11(16)17-2/h9-10H,3-8H2,1-2H3,(H,13,14). The van der Waals surface area contributed by atoms with E-state index in [-0.39, 0.29) is 5.97 Å². The van der Waals surface area contributed by atoms with Crippen LogP contribution in [0.2, 0.25) is 0 Å². The second kappa shape index (κ2) is 7.70. The van der Waals surface area contributed by atoms with E-state index in [9.17, 15) is 4.79 Å². The van der Waals surface area contributed by atoms with Gasteiger partial charge in [-0.1, -0.05) is 6.42 Å². The summed E-state index contributed by atoms with van der Waals surface area (Å²) in [7, 11) is 1.43. The average molecular weight is 239 g/mol. The van der Waals surface area contributed by atoms with Gasteiger partial charge in [0.05, 0.1) is 7.11 Å². The molecule has 1 aromatic heterocycles. The maximum Gasteiger partial charge on any atom is 0.305 e. The van der Waals surface area contributed by atoms with Crippen LogP contribution in [0.3, 0.4) is 0 Å². The number of ether oxygens (including phenoxy) is 1. The zero-order valence-corrected chi connectivity index (χ0v) is 10.6. The third-order valence-corrected chi connectivity index (χ3v) is 2.62. The maximum absolute atomic E-state index is 10.9. The summed E-state index contributed by atoms with van der Waals surface area (Å²) in [6.07, 6.45) is 7.21. The third kappa shape index (κ3) is 4.89. The number of nitrogens with one attached hydrogen (secondary N) is 1. The van der Waals surface area contributed by atoms with Gasteiger partial charge in [-0.15, -0.1) is 0 Å². The van der Waals surface area contributed by atoms with Crippen LogP contribution in [0.4, 0.5) is 5.95 Å². The largest absolute Gasteiger partial charge is 0.469 e. The van der Waals surface area contributed by atoms with Crippen LogP contribution >= 0.6 is 0 Å². The van der Waals surface area contributed by atoms with Crippen molar-refractivity contribution in [1.82, 2.24) is 9.55 Å². The van der Waals surface area contributed by atoms with E-state index < -0.39 is 0 Å². The van der Waals surface area contributed by atoms with Gasteiger partial charge >= 0.3 is 5.97 Å². The van der Waals surface area contributed by atoms with E-state index >= 15 is 0 Å². The van der Waals surface area contributed by atoms with Crippen LogP contribution in [0.5, 0.6) is 0 Å². The molecule has 1 rings (SSSR count). The summed E-state index contributed by atoms with van der Waals surface area (Å²) in [6.45, 7) is 3.89. The molecule has 0 aromatic carbocycles. The normalized spacial score (nSPS) is 10.2. The van der Waals surface area contributed by atoms with E-state index in [1.54, 1.807) is 6.20 Å². The predicted octanol–water partition coefficient (Wildman–Crippen LogP) is 2.05. The molecule has 96 valence electrons. The van der Waals surface area contributed by atoms with Crippen molar-refractivity contribution >= 4 is 11.9 Å². The van der Waals surface area contributed by atoms with E-state index in [1.165, 1.54) is 7.11 Å². The van der Waals surface area contributed by atoms with E-state index in [0.29, 0.717) is 6.42 Å². The van der Waals surface area contributed by atoms with Gasteiger partial charge in [0.2, 0.25) is 5.95 Å². The highest BCUT2D eigenvalue weighted by Crippen LogP contribution is 2.05. The van der Waals surface area contributed by atoms with Gasteiger partial charge in [-0.25, -0.2) is 4.98 Å². The molecule has 0 saturated heterocycles. The Morgan fingerprint density at radius 2 is 2.29 bits per heavy atom. The van der Waals surface area contributed by atoms with Crippen molar-refractivity contribution in [2.24, 2.45) is 0 Å². The highest BCUT2D eigenvalue weighted by atomic mass is 16.5. The molecular weight excluding hydrogens is 218 g/mol. The number of rotatable bonds is 8. The van der Waals surface area contributed by atoms with Gasteiger partial charge in [0.25, 0.3) is 0 Å². The molecule has 0 radical (unpaired) electrons. The first-order valence-corrected chi connectivity index (χ1v) is 6.09. The van der Waals surface area contributed by atoms with Crippen molar-refractivity contribution in [3.8, 4) is 0 Å². The number of carbonyl (C=O) groups is 1. The van der Waals surface area contributed by atoms with Crippen molar-refractivity contribution in [1.29, 1.82) is 0 Å². The van der Waals surface area contributed by atoms with Crippen molar-refractivity contribution in [3.63, 3.8) is 0 Å². The van der Waals surface area contributed by atoms with Gasteiger partial charge in [0.1, 0.15) is 0 Å². The summed E-state index contributed by atoms with van der Waals surface area (Å²) in [5, 5.41) is 3.28. The Morgan fingerprint density at radius 3 is 3.00 bits per heavy atom. The van der Waals surface area contributed by atoms with Gasteiger partial charge in [-0.3, -0.25) is 4.79 Å². The Balaban J connectivity index is 2.06. The number of aromatic nitrogens is 2. The Hall–Kier alpha value is -1.52. The van der Waals surface area contributed by atoms with Crippen LogP contribution in [0.15, 0.2) is 12.4 Å². The molecule has 0 aliphatic heterocycles. The number of carbonyl (C=O) groups excluding carboxylic acids is 1. The summed E-state index contributed by atoms with van der Waals surface area (Å²) in [6, 6.07) is 0. The molecule has 0 amide bonds. The summed E-state index contributed by atoms with van der Waals surface area (Å²) in [4.78, 5) is 15.1. The van der Waals surface area contributed by atoms with Crippen LogP contribution in [-0.4, -0.2) is 29.2 Å². The summed E-state index contributed by atoms with van der Waals surface area (Å²) >= 11 is 0. The Labute approximate surface area is 102 Å². The fourth-order valence-corrected chi connectivity index (χ4v) is 1.60. The molecule has 0 aliphatic carbocycles. The van der Waals surface area contributed by atoms with Gasteiger partial charge < -0.3 is 14.6 Å². The van der Waals surface area contributed by atoms with Crippen LogP contribution in [0.1, 0.15) is 32.6 Å². The van der Waals surface area contributed by atoms with Gasteiger partial charge in [-0.05, 0) is 19.8 Å². The summed E-state index contributed by atoms with van der Waals surface area (Å²) < 4.78 is 6.64. The van der Waals surface area contributed by atoms with Crippen molar-refractivity contribution in [2.75, 3.05) is 19.0 Å². The zero-order chi connectivity index (χ0) is 12.5. The van der Waals surface area contributed by atoms with E-state index in [1.807, 2.05) is 6.20 Å². The smallest absolute Gasteiger partial charge is 0.305 e. The fraction of sp³-hybridized carbons (Fsp3) is 0.667. The van der Waals surface area contributed by atoms with E-state index in [4.69, 9.17) is 0 Å². The number of unbranched alkanes of at least 4 members (excludes halogenated alkanes) is 2. The minimum Gasteiger partial charge on any atom is -0.469 e. The number of imidazole rings is 1.